The molecule has 0 saturated heterocycles. The Morgan fingerprint density at radius 2 is 2.07 bits per heavy atom. The van der Waals surface area contributed by atoms with Gasteiger partial charge in [0.05, 0.1) is 6.61 Å². The van der Waals surface area contributed by atoms with Crippen LogP contribution in [0.3, 0.4) is 0 Å². The van der Waals surface area contributed by atoms with E-state index < -0.39 is 0 Å². The van der Waals surface area contributed by atoms with Gasteiger partial charge in [0.15, 0.2) is 5.96 Å². The van der Waals surface area contributed by atoms with Crippen LogP contribution in [0.15, 0.2) is 29.3 Å². The molecule has 0 atom stereocenters. The summed E-state index contributed by atoms with van der Waals surface area (Å²) in [5.74, 6) is 1.66. The molecule has 1 aliphatic rings. The molecule has 0 spiro atoms. The Labute approximate surface area is 163 Å². The number of hydrogen-bond acceptors (Lipinski definition) is 3. The molecule has 6 nitrogen and oxygen atoms in total. The zero-order valence-corrected chi connectivity index (χ0v) is 17.0. The van der Waals surface area contributed by atoms with E-state index in [0.717, 1.165) is 37.7 Å². The van der Waals surface area contributed by atoms with Crippen molar-refractivity contribution in [2.45, 2.75) is 51.5 Å². The Kier molecular flexibility index (Phi) is 8.95. The van der Waals surface area contributed by atoms with Crippen molar-refractivity contribution in [1.29, 1.82) is 0 Å². The fourth-order valence-electron chi connectivity index (χ4n) is 3.04. The molecule has 0 heterocycles. The molecule has 150 valence electrons. The zero-order valence-electron chi connectivity index (χ0n) is 17.0. The van der Waals surface area contributed by atoms with Gasteiger partial charge in [-0.3, -0.25) is 4.79 Å². The second-order valence-corrected chi connectivity index (χ2v) is 7.25. The van der Waals surface area contributed by atoms with Gasteiger partial charge in [0.2, 0.25) is 5.91 Å². The molecule has 1 saturated carbocycles. The molecule has 1 aromatic rings. The molecule has 1 aliphatic carbocycles. The van der Waals surface area contributed by atoms with Crippen LogP contribution in [0, 0.1) is 0 Å². The average molecular weight is 375 g/mol. The quantitative estimate of drug-likeness (QED) is 0.515. The first-order valence-electron chi connectivity index (χ1n) is 10.0. The number of carbonyl (C=O) groups is 1. The highest BCUT2D eigenvalue weighted by Crippen LogP contribution is 2.17. The van der Waals surface area contributed by atoms with Gasteiger partial charge < -0.3 is 20.3 Å². The molecule has 0 radical (unpaired) electrons. The predicted octanol–water partition coefficient (Wildman–Crippen LogP) is 2.58. The Bertz CT molecular complexity index is 610. The summed E-state index contributed by atoms with van der Waals surface area (Å²) >= 11 is 0. The summed E-state index contributed by atoms with van der Waals surface area (Å²) < 4.78 is 5.70. The Balaban J connectivity index is 1.88. The van der Waals surface area contributed by atoms with Gasteiger partial charge >= 0.3 is 0 Å². The molecule has 1 aromatic carbocycles. The number of nitrogens with zero attached hydrogens (tertiary/aromatic N) is 2. The number of likely N-dealkylation sites (N-methyl/N-ethyl adjacent to an activating group) is 1. The first-order chi connectivity index (χ1) is 13.1. The second kappa shape index (κ2) is 11.5. The van der Waals surface area contributed by atoms with E-state index in [2.05, 4.69) is 34.7 Å². The van der Waals surface area contributed by atoms with Crippen LogP contribution in [-0.2, 0) is 11.2 Å². The molecular weight excluding hydrogens is 340 g/mol. The van der Waals surface area contributed by atoms with E-state index in [4.69, 9.17) is 4.74 Å². The Hall–Kier alpha value is -2.24. The molecule has 1 amide bonds. The third kappa shape index (κ3) is 7.89. The third-order valence-electron chi connectivity index (χ3n) is 4.64. The number of benzene rings is 1. The highest BCUT2D eigenvalue weighted by molar-refractivity contribution is 5.84. The topological polar surface area (TPSA) is 66.0 Å². The molecule has 0 bridgehead atoms. The van der Waals surface area contributed by atoms with E-state index in [9.17, 15) is 4.79 Å². The molecule has 0 unspecified atom stereocenters. The minimum Gasteiger partial charge on any atom is -0.494 e. The monoisotopic (exact) mass is 374 g/mol. The number of carbonyl (C=O) groups excluding carboxylic acids is 1. The fraction of sp³-hybridized carbons (Fsp3) is 0.619. The molecule has 0 aliphatic heterocycles. The summed E-state index contributed by atoms with van der Waals surface area (Å²) in [5.41, 5.74) is 1.22. The van der Waals surface area contributed by atoms with Gasteiger partial charge in [0.1, 0.15) is 12.3 Å². The number of rotatable bonds is 9. The van der Waals surface area contributed by atoms with Crippen molar-refractivity contribution in [3.8, 4) is 5.75 Å². The smallest absolute Gasteiger partial charge is 0.243 e. The summed E-state index contributed by atoms with van der Waals surface area (Å²) in [4.78, 5) is 17.9. The molecule has 1 fully saturated rings. The molecule has 27 heavy (non-hydrogen) atoms. The zero-order chi connectivity index (χ0) is 19.5. The van der Waals surface area contributed by atoms with Crippen LogP contribution in [0.2, 0.25) is 0 Å². The van der Waals surface area contributed by atoms with Crippen molar-refractivity contribution in [3.63, 3.8) is 0 Å². The maximum absolute atomic E-state index is 11.9. The number of ether oxygens (including phenoxy) is 1. The van der Waals surface area contributed by atoms with Crippen molar-refractivity contribution in [1.82, 2.24) is 15.5 Å². The van der Waals surface area contributed by atoms with Crippen molar-refractivity contribution >= 4 is 11.9 Å². The van der Waals surface area contributed by atoms with Crippen LogP contribution < -0.4 is 15.4 Å². The standard InChI is InChI=1S/C21H34N4O2/c1-4-14-27-19-11-7-8-17(15-19)12-13-22-21(23-16-20(26)25(2)3)24-18-9-5-6-10-18/h7-8,11,15,18H,4-6,9-10,12-14,16H2,1-3H3,(H2,22,23,24). The Morgan fingerprint density at radius 3 is 2.78 bits per heavy atom. The number of aliphatic imine (C=N–C) groups is 1. The van der Waals surface area contributed by atoms with Gasteiger partial charge in [0.25, 0.3) is 0 Å². The van der Waals surface area contributed by atoms with Gasteiger partial charge in [-0.05, 0) is 43.4 Å². The largest absolute Gasteiger partial charge is 0.494 e. The van der Waals surface area contributed by atoms with Gasteiger partial charge in [-0.15, -0.1) is 0 Å². The van der Waals surface area contributed by atoms with Crippen molar-refractivity contribution in [3.05, 3.63) is 29.8 Å². The van der Waals surface area contributed by atoms with Crippen LogP contribution in [-0.4, -0.2) is 56.6 Å². The van der Waals surface area contributed by atoms with E-state index in [1.54, 1.807) is 19.0 Å². The van der Waals surface area contributed by atoms with E-state index in [-0.39, 0.29) is 12.5 Å². The van der Waals surface area contributed by atoms with Crippen LogP contribution >= 0.6 is 0 Å². The van der Waals surface area contributed by atoms with Crippen molar-refractivity contribution in [2.24, 2.45) is 4.99 Å². The molecule has 2 rings (SSSR count). The van der Waals surface area contributed by atoms with Gasteiger partial charge in [-0.2, -0.15) is 0 Å². The maximum Gasteiger partial charge on any atom is 0.243 e. The fourth-order valence-corrected chi connectivity index (χ4v) is 3.04. The lowest BCUT2D eigenvalue weighted by molar-refractivity contribution is -0.127. The lowest BCUT2D eigenvalue weighted by Crippen LogP contribution is -2.43. The number of nitrogens with one attached hydrogen (secondary N) is 2. The number of amides is 1. The highest BCUT2D eigenvalue weighted by Gasteiger charge is 2.16. The predicted molar refractivity (Wildman–Crippen MR) is 110 cm³/mol. The second-order valence-electron chi connectivity index (χ2n) is 7.25. The number of hydrogen-bond donors (Lipinski definition) is 2. The summed E-state index contributed by atoms with van der Waals surface area (Å²) in [7, 11) is 3.51. The minimum absolute atomic E-state index is 0.00305. The molecule has 0 aromatic heterocycles. The highest BCUT2D eigenvalue weighted by atomic mass is 16.5. The van der Waals surface area contributed by atoms with Crippen LogP contribution in [0.5, 0.6) is 5.75 Å². The third-order valence-corrected chi connectivity index (χ3v) is 4.64. The summed E-state index contributed by atoms with van der Waals surface area (Å²) in [6.07, 6.45) is 6.72. The Morgan fingerprint density at radius 1 is 1.30 bits per heavy atom. The first-order valence-corrected chi connectivity index (χ1v) is 10.0. The first kappa shape index (κ1) is 21.1. The van der Waals surface area contributed by atoms with Crippen molar-refractivity contribution < 1.29 is 9.53 Å². The summed E-state index contributed by atoms with van der Waals surface area (Å²) in [6, 6.07) is 8.68. The van der Waals surface area contributed by atoms with Crippen LogP contribution in [0.4, 0.5) is 0 Å². The summed E-state index contributed by atoms with van der Waals surface area (Å²) in [5, 5.41) is 6.86. The lowest BCUT2D eigenvalue weighted by Gasteiger charge is -2.18. The number of guanidine groups is 1. The van der Waals surface area contributed by atoms with Gasteiger partial charge in [0, 0.05) is 26.7 Å². The lowest BCUT2D eigenvalue weighted by atomic mass is 10.1. The van der Waals surface area contributed by atoms with E-state index in [1.165, 1.54) is 31.2 Å². The van der Waals surface area contributed by atoms with Gasteiger partial charge in [-0.25, -0.2) is 4.99 Å². The minimum atomic E-state index is 0.00305. The van der Waals surface area contributed by atoms with E-state index in [1.807, 2.05) is 12.1 Å². The van der Waals surface area contributed by atoms with E-state index >= 15 is 0 Å². The molecule has 2 N–H and O–H groups in total. The van der Waals surface area contributed by atoms with Crippen LogP contribution in [0.25, 0.3) is 0 Å². The molecule has 6 heteroatoms. The summed E-state index contributed by atoms with van der Waals surface area (Å²) in [6.45, 7) is 3.76. The van der Waals surface area contributed by atoms with Crippen molar-refractivity contribution in [2.75, 3.05) is 33.8 Å². The maximum atomic E-state index is 11.9. The van der Waals surface area contributed by atoms with Crippen LogP contribution in [0.1, 0.15) is 44.6 Å². The van der Waals surface area contributed by atoms with E-state index in [0.29, 0.717) is 6.04 Å². The van der Waals surface area contributed by atoms with Gasteiger partial charge in [-0.1, -0.05) is 31.9 Å². The normalized spacial score (nSPS) is 14.9. The average Bonchev–Trinajstić information content (AvgIpc) is 3.17. The molecular formula is C21H34N4O2. The SMILES string of the molecule is CCCOc1cccc(CCNC(=NCC(=O)N(C)C)NC2CCCC2)c1.